The molecule has 1 atom stereocenters. The third kappa shape index (κ3) is 2.38. The third-order valence-electron chi connectivity index (χ3n) is 4.43. The maximum absolute atomic E-state index is 12.7. The predicted octanol–water partition coefficient (Wildman–Crippen LogP) is 2.61. The normalized spacial score (nSPS) is 15.9. The van der Waals surface area contributed by atoms with E-state index >= 15 is 0 Å². The molecule has 26 heavy (non-hydrogen) atoms. The van der Waals surface area contributed by atoms with Crippen molar-refractivity contribution in [3.63, 3.8) is 0 Å². The Bertz CT molecular complexity index is 971. The topological polar surface area (TPSA) is 93.2 Å². The molecule has 1 aliphatic rings. The van der Waals surface area contributed by atoms with Gasteiger partial charge in [-0.05, 0) is 25.1 Å². The highest BCUT2D eigenvalue weighted by atomic mass is 16.5. The molecule has 0 aromatic carbocycles. The number of H-pyrrole nitrogens is 1. The van der Waals surface area contributed by atoms with Gasteiger partial charge >= 0.3 is 0 Å². The van der Waals surface area contributed by atoms with Crippen molar-refractivity contribution in [2.75, 3.05) is 19.1 Å². The Kier molecular flexibility index (Phi) is 3.80. The number of fused-ring (bicyclic) bond motifs is 1. The highest BCUT2D eigenvalue weighted by Crippen LogP contribution is 2.37. The first-order chi connectivity index (χ1) is 12.6. The molecule has 0 spiro atoms. The quantitative estimate of drug-likeness (QED) is 0.777. The summed E-state index contributed by atoms with van der Waals surface area (Å²) in [4.78, 5) is 23.3. The molecule has 0 aliphatic carbocycles. The minimum absolute atomic E-state index is 0.0961. The van der Waals surface area contributed by atoms with E-state index in [1.165, 1.54) is 7.11 Å². The predicted molar refractivity (Wildman–Crippen MR) is 94.4 cm³/mol. The molecule has 3 aromatic heterocycles. The number of aromatic amines is 1. The SMILES string of the molecule is COc1cc(-c2ccc3c(n2)C(C)N(c2ccn[nH]2)C3=O)cnc1OC. The molecule has 3 aromatic rings. The summed E-state index contributed by atoms with van der Waals surface area (Å²) in [6, 6.07) is 6.98. The Balaban J connectivity index is 1.75. The molecule has 1 amide bonds. The number of aromatic nitrogens is 4. The number of pyridine rings is 2. The summed E-state index contributed by atoms with van der Waals surface area (Å²) in [5.41, 5.74) is 2.80. The maximum Gasteiger partial charge on any atom is 0.261 e. The van der Waals surface area contributed by atoms with Crippen molar-refractivity contribution in [3.05, 3.63) is 47.9 Å². The number of amides is 1. The lowest BCUT2D eigenvalue weighted by Crippen LogP contribution is -2.26. The fraction of sp³-hybridized carbons (Fsp3) is 0.222. The maximum atomic E-state index is 12.7. The Labute approximate surface area is 149 Å². The molecule has 1 N–H and O–H groups in total. The van der Waals surface area contributed by atoms with Crippen LogP contribution >= 0.6 is 0 Å². The fourth-order valence-electron chi connectivity index (χ4n) is 3.14. The molecule has 132 valence electrons. The van der Waals surface area contributed by atoms with Gasteiger partial charge < -0.3 is 9.47 Å². The van der Waals surface area contributed by atoms with Crippen LogP contribution in [0.2, 0.25) is 0 Å². The summed E-state index contributed by atoms with van der Waals surface area (Å²) in [6.07, 6.45) is 3.29. The first-order valence-electron chi connectivity index (χ1n) is 8.06. The van der Waals surface area contributed by atoms with Crippen LogP contribution in [-0.4, -0.2) is 40.3 Å². The van der Waals surface area contributed by atoms with Crippen LogP contribution in [0.5, 0.6) is 11.6 Å². The molecule has 0 saturated carbocycles. The number of methoxy groups -OCH3 is 2. The van der Waals surface area contributed by atoms with E-state index < -0.39 is 0 Å². The average Bonchev–Trinajstić information content (AvgIpc) is 3.28. The van der Waals surface area contributed by atoms with Crippen LogP contribution in [0.25, 0.3) is 11.3 Å². The van der Waals surface area contributed by atoms with E-state index in [0.717, 1.165) is 11.3 Å². The minimum atomic E-state index is -0.203. The van der Waals surface area contributed by atoms with Crippen LogP contribution < -0.4 is 14.4 Å². The van der Waals surface area contributed by atoms with Crippen LogP contribution in [0.3, 0.4) is 0 Å². The second-order valence-corrected chi connectivity index (χ2v) is 5.86. The number of carbonyl (C=O) groups is 1. The molecular weight excluding hydrogens is 334 g/mol. The number of hydrogen-bond donors (Lipinski definition) is 1. The lowest BCUT2D eigenvalue weighted by atomic mass is 10.1. The number of nitrogens with zero attached hydrogens (tertiary/aromatic N) is 4. The molecular formula is C18H17N5O3. The standard InChI is InChI=1S/C18H17N5O3/c1-10-16-12(18(24)23(10)15-6-7-20-22-15)4-5-13(21-16)11-8-14(25-2)17(26-3)19-9-11/h4-10H,1-3H3,(H,20,22). The van der Waals surface area contributed by atoms with Gasteiger partial charge in [0.15, 0.2) is 5.75 Å². The van der Waals surface area contributed by atoms with E-state index in [-0.39, 0.29) is 11.9 Å². The summed E-state index contributed by atoms with van der Waals surface area (Å²) < 4.78 is 10.5. The fourth-order valence-corrected chi connectivity index (χ4v) is 3.14. The lowest BCUT2D eigenvalue weighted by Gasteiger charge is -2.19. The number of rotatable bonds is 4. The molecule has 1 unspecified atom stereocenters. The van der Waals surface area contributed by atoms with E-state index in [9.17, 15) is 4.79 Å². The van der Waals surface area contributed by atoms with E-state index in [0.29, 0.717) is 28.7 Å². The number of ether oxygens (including phenoxy) is 2. The van der Waals surface area contributed by atoms with Gasteiger partial charge in [-0.15, -0.1) is 0 Å². The van der Waals surface area contributed by atoms with Crippen molar-refractivity contribution in [2.24, 2.45) is 0 Å². The zero-order valence-corrected chi connectivity index (χ0v) is 14.6. The zero-order valence-electron chi connectivity index (χ0n) is 14.6. The Morgan fingerprint density at radius 3 is 2.73 bits per heavy atom. The average molecular weight is 351 g/mol. The van der Waals surface area contributed by atoms with Gasteiger partial charge in [0.25, 0.3) is 11.8 Å². The lowest BCUT2D eigenvalue weighted by molar-refractivity contribution is 0.0991. The van der Waals surface area contributed by atoms with Crippen molar-refractivity contribution in [2.45, 2.75) is 13.0 Å². The second kappa shape index (κ2) is 6.14. The van der Waals surface area contributed by atoms with Gasteiger partial charge in [0, 0.05) is 17.8 Å². The number of anilines is 1. The largest absolute Gasteiger partial charge is 0.491 e. The van der Waals surface area contributed by atoms with Gasteiger partial charge in [-0.3, -0.25) is 14.8 Å². The molecule has 0 radical (unpaired) electrons. The van der Waals surface area contributed by atoms with E-state index in [1.54, 1.807) is 36.5 Å². The summed E-state index contributed by atoms with van der Waals surface area (Å²) >= 11 is 0. The summed E-state index contributed by atoms with van der Waals surface area (Å²) in [5.74, 6) is 1.48. The van der Waals surface area contributed by atoms with Gasteiger partial charge in [-0.1, -0.05) is 0 Å². The Morgan fingerprint density at radius 2 is 2.04 bits per heavy atom. The van der Waals surface area contributed by atoms with Gasteiger partial charge in [0.05, 0.1) is 43.4 Å². The Hall–Kier alpha value is -3.42. The van der Waals surface area contributed by atoms with Crippen LogP contribution in [0.1, 0.15) is 29.0 Å². The smallest absolute Gasteiger partial charge is 0.261 e. The number of nitrogens with one attached hydrogen (secondary N) is 1. The molecule has 8 nitrogen and oxygen atoms in total. The van der Waals surface area contributed by atoms with Crippen molar-refractivity contribution in [1.82, 2.24) is 20.2 Å². The number of hydrogen-bond acceptors (Lipinski definition) is 6. The molecule has 0 saturated heterocycles. The summed E-state index contributed by atoms with van der Waals surface area (Å²) in [6.45, 7) is 1.94. The van der Waals surface area contributed by atoms with E-state index in [2.05, 4.69) is 15.2 Å². The van der Waals surface area contributed by atoms with Crippen LogP contribution in [-0.2, 0) is 0 Å². The monoisotopic (exact) mass is 351 g/mol. The molecule has 4 rings (SSSR count). The highest BCUT2D eigenvalue weighted by molar-refractivity contribution is 6.10. The zero-order chi connectivity index (χ0) is 18.3. The van der Waals surface area contributed by atoms with E-state index in [1.807, 2.05) is 19.1 Å². The van der Waals surface area contributed by atoms with Gasteiger partial charge in [0.2, 0.25) is 0 Å². The molecule has 0 fully saturated rings. The van der Waals surface area contributed by atoms with Crippen molar-refractivity contribution >= 4 is 11.7 Å². The van der Waals surface area contributed by atoms with Crippen molar-refractivity contribution in [3.8, 4) is 22.9 Å². The minimum Gasteiger partial charge on any atom is -0.491 e. The molecule has 0 bridgehead atoms. The highest BCUT2D eigenvalue weighted by Gasteiger charge is 2.37. The summed E-state index contributed by atoms with van der Waals surface area (Å²) in [5, 5.41) is 6.76. The number of carbonyl (C=O) groups excluding carboxylic acids is 1. The first-order valence-corrected chi connectivity index (χ1v) is 8.06. The van der Waals surface area contributed by atoms with Crippen LogP contribution in [0, 0.1) is 0 Å². The third-order valence-corrected chi connectivity index (χ3v) is 4.43. The van der Waals surface area contributed by atoms with Crippen molar-refractivity contribution in [1.29, 1.82) is 0 Å². The van der Waals surface area contributed by atoms with Crippen molar-refractivity contribution < 1.29 is 14.3 Å². The Morgan fingerprint density at radius 1 is 1.19 bits per heavy atom. The molecule has 8 heteroatoms. The van der Waals surface area contributed by atoms with Gasteiger partial charge in [-0.25, -0.2) is 9.97 Å². The summed E-state index contributed by atoms with van der Waals surface area (Å²) in [7, 11) is 3.10. The van der Waals surface area contributed by atoms with Gasteiger partial charge in [0.1, 0.15) is 5.82 Å². The molecule has 4 heterocycles. The van der Waals surface area contributed by atoms with Crippen LogP contribution in [0.15, 0.2) is 36.7 Å². The molecule has 1 aliphatic heterocycles. The van der Waals surface area contributed by atoms with E-state index in [4.69, 9.17) is 14.5 Å². The van der Waals surface area contributed by atoms with Crippen LogP contribution in [0.4, 0.5) is 5.82 Å². The second-order valence-electron chi connectivity index (χ2n) is 5.86. The first kappa shape index (κ1) is 16.1. The van der Waals surface area contributed by atoms with Gasteiger partial charge in [-0.2, -0.15) is 5.10 Å².